The van der Waals surface area contributed by atoms with Gasteiger partial charge in [0, 0.05) is 19.6 Å². The Morgan fingerprint density at radius 2 is 2.42 bits per heavy atom. The molecule has 0 N–H and O–H groups in total. The minimum atomic E-state index is 0.847. The Bertz CT molecular complexity index is 273. The topological polar surface area (TPSA) is 0 Å². The summed E-state index contributed by atoms with van der Waals surface area (Å²) in [5, 5.41) is 1.16. The molecule has 0 amide bonds. The molecule has 0 aromatic carbocycles. The zero-order valence-corrected chi connectivity index (χ0v) is 10.8. The van der Waals surface area contributed by atoms with Gasteiger partial charge < -0.3 is 0 Å². The summed E-state index contributed by atoms with van der Waals surface area (Å²) in [6.45, 7) is 2.17. The van der Waals surface area contributed by atoms with Gasteiger partial charge in [0.1, 0.15) is 0 Å². The molecule has 1 saturated carbocycles. The molecule has 0 spiro atoms. The highest BCUT2D eigenvalue weighted by molar-refractivity contribution is 9.10. The van der Waals surface area contributed by atoms with Gasteiger partial charge in [-0.15, -0.1) is 11.3 Å². The molecule has 12 heavy (non-hydrogen) atoms. The first-order chi connectivity index (χ1) is 5.72. The van der Waals surface area contributed by atoms with Crippen molar-refractivity contribution >= 4 is 43.2 Å². The quantitative estimate of drug-likeness (QED) is 0.714. The summed E-state index contributed by atoms with van der Waals surface area (Å²) in [4.78, 5) is 2.97. The number of rotatable bonds is 2. The van der Waals surface area contributed by atoms with E-state index in [1.165, 1.54) is 15.8 Å². The number of alkyl halides is 1. The fraction of sp³-hybridized carbons (Fsp3) is 0.556. The number of hydrogen-bond acceptors (Lipinski definition) is 1. The molecule has 3 heteroatoms. The third-order valence-electron chi connectivity index (χ3n) is 2.36. The van der Waals surface area contributed by atoms with E-state index in [9.17, 15) is 0 Å². The van der Waals surface area contributed by atoms with Gasteiger partial charge >= 0.3 is 0 Å². The summed E-state index contributed by atoms with van der Waals surface area (Å²) >= 11 is 9.02. The highest BCUT2D eigenvalue weighted by Crippen LogP contribution is 2.51. The van der Waals surface area contributed by atoms with Crippen LogP contribution in [0.5, 0.6) is 0 Å². The van der Waals surface area contributed by atoms with E-state index in [1.807, 2.05) is 11.3 Å². The fourth-order valence-corrected chi connectivity index (χ4v) is 3.91. The highest BCUT2D eigenvalue weighted by Gasteiger charge is 2.38. The van der Waals surface area contributed by atoms with Gasteiger partial charge in [0.2, 0.25) is 0 Å². The molecule has 0 saturated heterocycles. The third-order valence-corrected chi connectivity index (χ3v) is 5.46. The Morgan fingerprint density at radius 3 is 2.83 bits per heavy atom. The van der Waals surface area contributed by atoms with Crippen LogP contribution in [0.1, 0.15) is 22.1 Å². The van der Waals surface area contributed by atoms with Gasteiger partial charge in [-0.1, -0.05) is 15.9 Å². The maximum absolute atomic E-state index is 3.55. The fourth-order valence-electron chi connectivity index (χ4n) is 1.43. The Labute approximate surface area is 93.6 Å². The molecule has 2 rings (SSSR count). The molecule has 1 aliphatic carbocycles. The van der Waals surface area contributed by atoms with E-state index in [0.29, 0.717) is 0 Å². The van der Waals surface area contributed by atoms with Crippen molar-refractivity contribution in [3.05, 3.63) is 20.3 Å². The molecule has 1 heterocycles. The maximum atomic E-state index is 3.55. The van der Waals surface area contributed by atoms with Crippen LogP contribution in [0.15, 0.2) is 10.5 Å². The molecule has 1 aliphatic rings. The SMILES string of the molecule is Cc1sc(C2CC2CBr)cc1Br. The van der Waals surface area contributed by atoms with E-state index < -0.39 is 0 Å². The highest BCUT2D eigenvalue weighted by atomic mass is 79.9. The molecular formula is C9H10Br2S. The van der Waals surface area contributed by atoms with Crippen LogP contribution < -0.4 is 0 Å². The maximum Gasteiger partial charge on any atom is 0.0314 e. The van der Waals surface area contributed by atoms with Crippen molar-refractivity contribution in [1.82, 2.24) is 0 Å². The first kappa shape index (κ1) is 9.22. The van der Waals surface area contributed by atoms with E-state index in [1.54, 1.807) is 4.88 Å². The van der Waals surface area contributed by atoms with Crippen molar-refractivity contribution in [2.24, 2.45) is 5.92 Å². The standard InChI is InChI=1S/C9H10Br2S/c1-5-8(11)3-9(12-5)7-2-6(7)4-10/h3,6-7H,2,4H2,1H3. The summed E-state index contributed by atoms with van der Waals surface area (Å²) in [7, 11) is 0. The van der Waals surface area contributed by atoms with Crippen molar-refractivity contribution in [3.63, 3.8) is 0 Å². The van der Waals surface area contributed by atoms with E-state index in [2.05, 4.69) is 44.8 Å². The van der Waals surface area contributed by atoms with Crippen LogP contribution in [-0.2, 0) is 0 Å². The lowest BCUT2D eigenvalue weighted by Gasteiger charge is -1.89. The predicted molar refractivity (Wildman–Crippen MR) is 61.4 cm³/mol. The van der Waals surface area contributed by atoms with E-state index in [-0.39, 0.29) is 0 Å². The monoisotopic (exact) mass is 308 g/mol. The summed E-state index contributed by atoms with van der Waals surface area (Å²) in [5.41, 5.74) is 0. The van der Waals surface area contributed by atoms with E-state index >= 15 is 0 Å². The van der Waals surface area contributed by atoms with Gasteiger partial charge in [-0.2, -0.15) is 0 Å². The van der Waals surface area contributed by atoms with Crippen LogP contribution in [0, 0.1) is 12.8 Å². The molecule has 1 aromatic heterocycles. The Morgan fingerprint density at radius 1 is 1.67 bits per heavy atom. The molecular weight excluding hydrogens is 300 g/mol. The molecule has 0 nitrogen and oxygen atoms in total. The molecule has 2 unspecified atom stereocenters. The van der Waals surface area contributed by atoms with Gasteiger partial charge in [-0.05, 0) is 47.2 Å². The number of hydrogen-bond donors (Lipinski definition) is 0. The third kappa shape index (κ3) is 1.64. The van der Waals surface area contributed by atoms with Crippen LogP contribution in [0.25, 0.3) is 0 Å². The minimum Gasteiger partial charge on any atom is -0.144 e. The first-order valence-corrected chi connectivity index (χ1v) is 6.77. The molecule has 0 radical (unpaired) electrons. The van der Waals surface area contributed by atoms with E-state index in [4.69, 9.17) is 0 Å². The van der Waals surface area contributed by atoms with Gasteiger partial charge in [-0.3, -0.25) is 0 Å². The van der Waals surface area contributed by atoms with Crippen LogP contribution in [0.3, 0.4) is 0 Å². The van der Waals surface area contributed by atoms with Gasteiger partial charge in [0.25, 0.3) is 0 Å². The number of thiophene rings is 1. The summed E-state index contributed by atoms with van der Waals surface area (Å²) in [5.74, 6) is 1.74. The first-order valence-electron chi connectivity index (χ1n) is 4.04. The van der Waals surface area contributed by atoms with E-state index in [0.717, 1.165) is 17.2 Å². The Balaban J connectivity index is 2.15. The largest absolute Gasteiger partial charge is 0.144 e. The summed E-state index contributed by atoms with van der Waals surface area (Å²) in [6, 6.07) is 2.29. The average molecular weight is 310 g/mol. The normalized spacial score (nSPS) is 27.6. The number of aryl methyl sites for hydroxylation is 1. The lowest BCUT2D eigenvalue weighted by Crippen LogP contribution is -1.78. The molecule has 1 aromatic rings. The van der Waals surface area contributed by atoms with Crippen molar-refractivity contribution in [1.29, 1.82) is 0 Å². The molecule has 66 valence electrons. The Kier molecular flexibility index (Phi) is 2.64. The molecule has 2 atom stereocenters. The average Bonchev–Trinajstić information content (AvgIpc) is 2.75. The smallest absolute Gasteiger partial charge is 0.0314 e. The van der Waals surface area contributed by atoms with Crippen LogP contribution in [0.2, 0.25) is 0 Å². The minimum absolute atomic E-state index is 0.847. The predicted octanol–water partition coefficient (Wildman–Crippen LogP) is 4.32. The second-order valence-corrected chi connectivity index (χ2v) is 6.10. The van der Waals surface area contributed by atoms with Crippen molar-refractivity contribution in [2.75, 3.05) is 5.33 Å². The molecule has 1 fully saturated rings. The summed E-state index contributed by atoms with van der Waals surface area (Å²) < 4.78 is 1.28. The van der Waals surface area contributed by atoms with Gasteiger partial charge in [0.05, 0.1) is 0 Å². The van der Waals surface area contributed by atoms with Gasteiger partial charge in [0.15, 0.2) is 0 Å². The summed E-state index contributed by atoms with van der Waals surface area (Å²) in [6.07, 6.45) is 1.37. The number of halogens is 2. The lowest BCUT2D eigenvalue weighted by molar-refractivity contribution is 0.950. The van der Waals surface area contributed by atoms with Crippen LogP contribution >= 0.6 is 43.2 Å². The van der Waals surface area contributed by atoms with Crippen molar-refractivity contribution in [3.8, 4) is 0 Å². The van der Waals surface area contributed by atoms with Gasteiger partial charge in [-0.25, -0.2) is 0 Å². The lowest BCUT2D eigenvalue weighted by atomic mass is 10.3. The second-order valence-electron chi connectivity index (χ2n) is 3.31. The van der Waals surface area contributed by atoms with Crippen molar-refractivity contribution < 1.29 is 0 Å². The zero-order chi connectivity index (χ0) is 8.72. The Hall–Kier alpha value is 0.660. The second kappa shape index (κ2) is 3.43. The zero-order valence-electron chi connectivity index (χ0n) is 6.81. The van der Waals surface area contributed by atoms with Crippen LogP contribution in [-0.4, -0.2) is 5.33 Å². The van der Waals surface area contributed by atoms with Crippen LogP contribution in [0.4, 0.5) is 0 Å². The molecule has 0 aliphatic heterocycles. The van der Waals surface area contributed by atoms with Crippen molar-refractivity contribution in [2.45, 2.75) is 19.3 Å². The molecule has 0 bridgehead atoms.